The van der Waals surface area contributed by atoms with Crippen molar-refractivity contribution in [3.05, 3.63) is 29.6 Å². The summed E-state index contributed by atoms with van der Waals surface area (Å²) in [5, 5.41) is 8.44. The average molecular weight is 191 g/mol. The summed E-state index contributed by atoms with van der Waals surface area (Å²) in [4.78, 5) is 14.8. The Morgan fingerprint density at radius 2 is 2.43 bits per heavy atom. The lowest BCUT2D eigenvalue weighted by Crippen LogP contribution is -2.03. The first-order valence-corrected chi connectivity index (χ1v) is 3.92. The smallest absolute Gasteiger partial charge is 0.356 e. The molecule has 0 fully saturated rings. The number of nitrogens with zero attached hydrogens (tertiary/aromatic N) is 1. The number of carbonyl (C=O) groups excluding carboxylic acids is 1. The molecule has 4 heteroatoms. The van der Waals surface area contributed by atoms with Gasteiger partial charge in [0.1, 0.15) is 12.3 Å². The van der Waals surface area contributed by atoms with Gasteiger partial charge in [0.2, 0.25) is 0 Å². The van der Waals surface area contributed by atoms with Crippen molar-refractivity contribution in [3.8, 4) is 11.8 Å². The molecule has 4 nitrogen and oxygen atoms in total. The van der Waals surface area contributed by atoms with Crippen molar-refractivity contribution in [1.82, 2.24) is 4.98 Å². The van der Waals surface area contributed by atoms with Gasteiger partial charge in [-0.15, -0.1) is 0 Å². The van der Waals surface area contributed by atoms with Crippen LogP contribution in [0.15, 0.2) is 18.3 Å². The minimum absolute atomic E-state index is 0.196. The summed E-state index contributed by atoms with van der Waals surface area (Å²) in [5.41, 5.74) is 0.883. The van der Waals surface area contributed by atoms with Crippen LogP contribution in [0, 0.1) is 11.8 Å². The second-order valence-electron chi connectivity index (χ2n) is 2.38. The van der Waals surface area contributed by atoms with E-state index in [1.165, 1.54) is 19.4 Å². The van der Waals surface area contributed by atoms with Crippen LogP contribution in [0.2, 0.25) is 0 Å². The van der Waals surface area contributed by atoms with Crippen molar-refractivity contribution in [2.45, 2.75) is 0 Å². The second kappa shape index (κ2) is 5.00. The van der Waals surface area contributed by atoms with Gasteiger partial charge < -0.3 is 9.84 Å². The number of methoxy groups -OCH3 is 1. The number of esters is 1. The molecule has 0 spiro atoms. The molecule has 0 aliphatic heterocycles. The van der Waals surface area contributed by atoms with Crippen LogP contribution in [0.5, 0.6) is 0 Å². The van der Waals surface area contributed by atoms with Crippen molar-refractivity contribution >= 4 is 5.97 Å². The molecule has 0 unspecified atom stereocenters. The summed E-state index contributed by atoms with van der Waals surface area (Å²) < 4.78 is 4.48. The topological polar surface area (TPSA) is 59.4 Å². The lowest BCUT2D eigenvalue weighted by molar-refractivity contribution is 0.0594. The van der Waals surface area contributed by atoms with E-state index in [4.69, 9.17) is 5.11 Å². The van der Waals surface area contributed by atoms with Gasteiger partial charge in [0, 0.05) is 11.8 Å². The normalized spacial score (nSPS) is 8.71. The number of hydrogen-bond donors (Lipinski definition) is 1. The molecule has 1 aromatic heterocycles. The Morgan fingerprint density at radius 1 is 1.64 bits per heavy atom. The molecule has 0 aliphatic rings. The molecule has 14 heavy (non-hydrogen) atoms. The monoisotopic (exact) mass is 191 g/mol. The van der Waals surface area contributed by atoms with Gasteiger partial charge in [-0.2, -0.15) is 0 Å². The molecule has 0 amide bonds. The third kappa shape index (κ3) is 2.57. The molecule has 0 aromatic carbocycles. The van der Waals surface area contributed by atoms with Crippen LogP contribution in [-0.4, -0.2) is 29.8 Å². The van der Waals surface area contributed by atoms with Crippen molar-refractivity contribution in [3.63, 3.8) is 0 Å². The molecule has 0 saturated carbocycles. The fourth-order valence-corrected chi connectivity index (χ4v) is 0.835. The summed E-state index contributed by atoms with van der Waals surface area (Å²) in [6.07, 6.45) is 1.45. The molecule has 0 radical (unpaired) electrons. The summed E-state index contributed by atoms with van der Waals surface area (Å²) >= 11 is 0. The quantitative estimate of drug-likeness (QED) is 0.509. The molecule has 0 aliphatic carbocycles. The van der Waals surface area contributed by atoms with E-state index in [1.807, 2.05) is 0 Å². The van der Waals surface area contributed by atoms with Gasteiger partial charge in [-0.05, 0) is 12.1 Å². The van der Waals surface area contributed by atoms with Crippen molar-refractivity contribution < 1.29 is 14.6 Å². The van der Waals surface area contributed by atoms with Gasteiger partial charge in [0.05, 0.1) is 7.11 Å². The standard InChI is InChI=1S/C10H9NO3/c1-14-10(13)9-5-4-8(7-11-9)3-2-6-12/h4-5,7,12H,6H2,1H3. The Kier molecular flexibility index (Phi) is 3.65. The number of aromatic nitrogens is 1. The van der Waals surface area contributed by atoms with Gasteiger partial charge >= 0.3 is 5.97 Å². The Labute approximate surface area is 81.5 Å². The van der Waals surface area contributed by atoms with E-state index in [-0.39, 0.29) is 12.3 Å². The van der Waals surface area contributed by atoms with Gasteiger partial charge in [-0.25, -0.2) is 9.78 Å². The third-order valence-corrected chi connectivity index (χ3v) is 1.47. The SMILES string of the molecule is COC(=O)c1ccc(C#CCO)cn1. The predicted molar refractivity (Wildman–Crippen MR) is 49.5 cm³/mol. The van der Waals surface area contributed by atoms with Crippen LogP contribution in [-0.2, 0) is 4.74 Å². The number of hydrogen-bond acceptors (Lipinski definition) is 4. The van der Waals surface area contributed by atoms with Crippen LogP contribution >= 0.6 is 0 Å². The Hall–Kier alpha value is -1.86. The number of carbonyl (C=O) groups is 1. The van der Waals surface area contributed by atoms with E-state index in [9.17, 15) is 4.79 Å². The van der Waals surface area contributed by atoms with Crippen LogP contribution in [0.1, 0.15) is 16.1 Å². The highest BCUT2D eigenvalue weighted by Crippen LogP contribution is 1.99. The minimum atomic E-state index is -0.480. The fourth-order valence-electron chi connectivity index (χ4n) is 0.835. The van der Waals surface area contributed by atoms with Gasteiger partial charge in [-0.3, -0.25) is 0 Å². The highest BCUT2D eigenvalue weighted by atomic mass is 16.5. The molecule has 1 aromatic rings. The molecule has 1 rings (SSSR count). The maximum Gasteiger partial charge on any atom is 0.356 e. The molecular weight excluding hydrogens is 182 g/mol. The molecular formula is C10H9NO3. The van der Waals surface area contributed by atoms with Crippen molar-refractivity contribution in [2.24, 2.45) is 0 Å². The maximum absolute atomic E-state index is 11.0. The molecule has 1 heterocycles. The van der Waals surface area contributed by atoms with Crippen LogP contribution in [0.25, 0.3) is 0 Å². The number of ether oxygens (including phenoxy) is 1. The first kappa shape index (κ1) is 10.2. The van der Waals surface area contributed by atoms with E-state index in [2.05, 4.69) is 21.6 Å². The number of rotatable bonds is 1. The molecule has 0 atom stereocenters. The van der Waals surface area contributed by atoms with Crippen LogP contribution < -0.4 is 0 Å². The zero-order chi connectivity index (χ0) is 10.4. The summed E-state index contributed by atoms with van der Waals surface area (Å²) in [6, 6.07) is 3.16. The second-order valence-corrected chi connectivity index (χ2v) is 2.38. The lowest BCUT2D eigenvalue weighted by Gasteiger charge is -1.96. The summed E-state index contributed by atoms with van der Waals surface area (Å²) in [5.74, 6) is 4.66. The van der Waals surface area contributed by atoms with E-state index < -0.39 is 5.97 Å². The van der Waals surface area contributed by atoms with Crippen LogP contribution in [0.3, 0.4) is 0 Å². The molecule has 72 valence electrons. The third-order valence-electron chi connectivity index (χ3n) is 1.47. The molecule has 1 N–H and O–H groups in total. The molecule has 0 saturated heterocycles. The average Bonchev–Trinajstić information content (AvgIpc) is 2.26. The molecule has 0 bridgehead atoms. The summed E-state index contributed by atoms with van der Waals surface area (Å²) in [7, 11) is 1.30. The number of aliphatic hydroxyl groups is 1. The lowest BCUT2D eigenvalue weighted by atomic mass is 10.2. The van der Waals surface area contributed by atoms with Gasteiger partial charge in [-0.1, -0.05) is 11.8 Å². The highest BCUT2D eigenvalue weighted by Gasteiger charge is 2.04. The Bertz CT molecular complexity index is 373. The first-order chi connectivity index (χ1) is 6.77. The minimum Gasteiger partial charge on any atom is -0.464 e. The largest absolute Gasteiger partial charge is 0.464 e. The Morgan fingerprint density at radius 3 is 2.93 bits per heavy atom. The van der Waals surface area contributed by atoms with E-state index in [1.54, 1.807) is 6.07 Å². The van der Waals surface area contributed by atoms with Crippen LogP contribution in [0.4, 0.5) is 0 Å². The van der Waals surface area contributed by atoms with Gasteiger partial charge in [0.15, 0.2) is 0 Å². The summed E-state index contributed by atoms with van der Waals surface area (Å²) in [6.45, 7) is -0.196. The zero-order valence-corrected chi connectivity index (χ0v) is 7.65. The predicted octanol–water partition coefficient (Wildman–Crippen LogP) is 0.212. The Balaban J connectivity index is 2.83. The number of aliphatic hydroxyl groups excluding tert-OH is 1. The van der Waals surface area contributed by atoms with Crippen molar-refractivity contribution in [2.75, 3.05) is 13.7 Å². The van der Waals surface area contributed by atoms with E-state index >= 15 is 0 Å². The maximum atomic E-state index is 11.0. The zero-order valence-electron chi connectivity index (χ0n) is 7.65. The van der Waals surface area contributed by atoms with E-state index in [0.29, 0.717) is 5.56 Å². The fraction of sp³-hybridized carbons (Fsp3) is 0.200. The van der Waals surface area contributed by atoms with Crippen molar-refractivity contribution in [1.29, 1.82) is 0 Å². The first-order valence-electron chi connectivity index (χ1n) is 3.92. The van der Waals surface area contributed by atoms with Gasteiger partial charge in [0.25, 0.3) is 0 Å². The number of pyridine rings is 1. The van der Waals surface area contributed by atoms with E-state index in [0.717, 1.165) is 0 Å². The highest BCUT2D eigenvalue weighted by molar-refractivity contribution is 5.87.